The molecular weight excluding hydrogens is 362 g/mol. The average molecular weight is 381 g/mol. The van der Waals surface area contributed by atoms with Crippen LogP contribution in [-0.4, -0.2) is 15.1 Å². The number of hydrogen-bond donors (Lipinski definition) is 0. The molecule has 111 valence electrons. The van der Waals surface area contributed by atoms with Crippen LogP contribution in [0.3, 0.4) is 0 Å². The minimum absolute atomic E-state index is 0.00780. The monoisotopic (exact) mass is 379 g/mol. The Morgan fingerprint density at radius 2 is 1.56 bits per heavy atom. The third kappa shape index (κ3) is 7.37. The van der Waals surface area contributed by atoms with E-state index in [2.05, 4.69) is 45.0 Å². The van der Waals surface area contributed by atoms with Crippen molar-refractivity contribution in [2.45, 2.75) is 46.1 Å². The summed E-state index contributed by atoms with van der Waals surface area (Å²) in [7, 11) is 19.1. The van der Waals surface area contributed by atoms with Crippen LogP contribution in [0.2, 0.25) is 0 Å². The summed E-state index contributed by atoms with van der Waals surface area (Å²) in [5.74, 6) is 1.60. The first-order valence-electron chi connectivity index (χ1n) is 5.20. The molecule has 4 nitrogen and oxygen atoms in total. The van der Waals surface area contributed by atoms with Crippen LogP contribution in [0.4, 0.5) is 0 Å². The van der Waals surface area contributed by atoms with E-state index in [4.69, 9.17) is 40.4 Å². The molecule has 0 saturated heterocycles. The van der Waals surface area contributed by atoms with E-state index in [0.717, 1.165) is 5.82 Å². The Labute approximate surface area is 128 Å². The maximum absolute atomic E-state index is 4.95. The number of tetrazole rings is 1. The van der Waals surface area contributed by atoms with Crippen LogP contribution >= 0.6 is 40.4 Å². The Morgan fingerprint density at radius 1 is 1.17 bits per heavy atom. The van der Waals surface area contributed by atoms with Gasteiger partial charge in [0.25, 0.3) is 5.82 Å². The van der Waals surface area contributed by atoms with Crippen molar-refractivity contribution in [1.29, 1.82) is 0 Å². The number of rotatable bonds is 1. The topological polar surface area (TPSA) is 34.6 Å². The van der Waals surface area contributed by atoms with Crippen molar-refractivity contribution >= 4 is 40.4 Å². The maximum atomic E-state index is 4.95. The van der Waals surface area contributed by atoms with Crippen LogP contribution in [0.5, 0.6) is 0 Å². The molecule has 0 saturated carbocycles. The van der Waals surface area contributed by atoms with Crippen LogP contribution in [-0.2, 0) is 21.8 Å². The van der Waals surface area contributed by atoms with Gasteiger partial charge < -0.3 is 0 Å². The summed E-state index contributed by atoms with van der Waals surface area (Å²) in [4.78, 5) is 0. The zero-order valence-corrected chi connectivity index (χ0v) is 15.4. The van der Waals surface area contributed by atoms with Crippen LogP contribution in [0.15, 0.2) is 0 Å². The Hall–Kier alpha value is 0.749. The fraction of sp³-hybridized carbons (Fsp3) is 0.889. The van der Waals surface area contributed by atoms with Crippen LogP contribution in [0, 0.1) is 0 Å². The van der Waals surface area contributed by atoms with E-state index < -0.39 is 9.20 Å². The van der Waals surface area contributed by atoms with Gasteiger partial charge in [0, 0.05) is 5.92 Å². The van der Waals surface area contributed by atoms with Crippen molar-refractivity contribution in [2.24, 2.45) is 7.05 Å². The number of nitrogens with zero attached hydrogens (tertiary/aromatic N) is 4. The first-order valence-corrected chi connectivity index (χ1v) is 11.3. The number of halogens is 4. The molecule has 0 aliphatic carbocycles. The number of aromatic nitrogens is 4. The van der Waals surface area contributed by atoms with Gasteiger partial charge in [-0.25, -0.2) is 0 Å². The van der Waals surface area contributed by atoms with Crippen LogP contribution in [0.25, 0.3) is 0 Å². The third-order valence-electron chi connectivity index (χ3n) is 1.96. The standard InChI is InChI=1S/C9H19N4.4ClH.Fe/c1-7(2)8-12(6)10-11-13(8)9(3,4)5;;;;;/h7H,1-6H3;4*1H;/q+1;;;;;+3/p-4. The summed E-state index contributed by atoms with van der Waals surface area (Å²) in [6.07, 6.45) is 0. The molecule has 0 aromatic carbocycles. The average Bonchev–Trinajstić information content (AvgIpc) is 2.42. The predicted molar refractivity (Wildman–Crippen MR) is 73.7 cm³/mol. The Balaban J connectivity index is 0.000000494. The Bertz CT molecular complexity index is 375. The van der Waals surface area contributed by atoms with E-state index in [-0.39, 0.29) is 5.54 Å². The van der Waals surface area contributed by atoms with Gasteiger partial charge in [-0.05, 0) is 20.8 Å². The summed E-state index contributed by atoms with van der Waals surface area (Å²) in [5.41, 5.74) is 0.00780. The first kappa shape index (κ1) is 18.7. The fourth-order valence-corrected chi connectivity index (χ4v) is 1.42. The van der Waals surface area contributed by atoms with Crippen molar-refractivity contribution in [3.63, 3.8) is 0 Å². The molecule has 1 rings (SSSR count). The molecule has 0 amide bonds. The summed E-state index contributed by atoms with van der Waals surface area (Å²) < 4.78 is 3.83. The van der Waals surface area contributed by atoms with E-state index in [0.29, 0.717) is 5.92 Å². The van der Waals surface area contributed by atoms with E-state index in [1.807, 2.05) is 16.4 Å². The molecule has 0 radical (unpaired) electrons. The third-order valence-corrected chi connectivity index (χ3v) is 1.96. The zero-order valence-electron chi connectivity index (χ0n) is 11.2. The molecule has 1 aromatic heterocycles. The quantitative estimate of drug-likeness (QED) is 0.549. The van der Waals surface area contributed by atoms with Gasteiger partial charge in [0.1, 0.15) is 10.8 Å². The summed E-state index contributed by atoms with van der Waals surface area (Å²) in [5, 5.41) is 8.17. The van der Waals surface area contributed by atoms with Gasteiger partial charge in [-0.1, -0.05) is 18.5 Å². The molecule has 0 unspecified atom stereocenters. The van der Waals surface area contributed by atoms with Crippen molar-refractivity contribution in [3.05, 3.63) is 5.82 Å². The van der Waals surface area contributed by atoms with Crippen molar-refractivity contribution in [2.75, 3.05) is 0 Å². The molecule has 0 aliphatic heterocycles. The van der Waals surface area contributed by atoms with Crippen molar-refractivity contribution in [1.82, 2.24) is 15.1 Å². The van der Waals surface area contributed by atoms with Gasteiger partial charge in [0.05, 0.1) is 7.05 Å². The number of aryl methyl sites for hydroxylation is 1. The number of hydrogen-bond acceptors (Lipinski definition) is 2. The predicted octanol–water partition coefficient (Wildman–Crippen LogP) is 3.74. The van der Waals surface area contributed by atoms with Gasteiger partial charge in [0.2, 0.25) is 0 Å². The molecule has 0 N–H and O–H groups in total. The second-order valence-corrected chi connectivity index (χ2v) is 15.9. The molecule has 0 fully saturated rings. The van der Waals surface area contributed by atoms with Gasteiger partial charge in [-0.3, -0.25) is 0 Å². The van der Waals surface area contributed by atoms with Gasteiger partial charge in [-0.2, -0.15) is 0 Å². The van der Waals surface area contributed by atoms with E-state index in [1.54, 1.807) is 0 Å². The summed E-state index contributed by atoms with van der Waals surface area (Å²) in [6, 6.07) is 0. The molecular formula is C9H19Cl4FeN4. The van der Waals surface area contributed by atoms with Gasteiger partial charge >= 0.3 is 49.6 Å². The molecule has 18 heavy (non-hydrogen) atoms. The Morgan fingerprint density at radius 3 is 1.78 bits per heavy atom. The normalized spacial score (nSPS) is 13.3. The first-order chi connectivity index (χ1) is 7.84. The zero-order chi connectivity index (χ0) is 14.7. The molecule has 0 aliphatic rings. The molecule has 1 heterocycles. The second-order valence-electron chi connectivity index (χ2n) is 5.00. The van der Waals surface area contributed by atoms with E-state index in [9.17, 15) is 0 Å². The molecule has 9 heteroatoms. The molecule has 0 bridgehead atoms. The van der Waals surface area contributed by atoms with Crippen LogP contribution < -0.4 is 4.68 Å². The van der Waals surface area contributed by atoms with E-state index >= 15 is 0 Å². The SMILES string of the molecule is CC(C)c1n(C(C)(C)C)nn[n+]1C.[Cl][Fe-]([Cl])([Cl])[Cl]. The Kier molecular flexibility index (Phi) is 7.25. The fourth-order valence-electron chi connectivity index (χ4n) is 1.42. The summed E-state index contributed by atoms with van der Waals surface area (Å²) >= 11 is 0. The van der Waals surface area contributed by atoms with Crippen LogP contribution in [0.1, 0.15) is 46.4 Å². The molecule has 0 spiro atoms. The van der Waals surface area contributed by atoms with Gasteiger partial charge in [0.15, 0.2) is 5.21 Å². The molecule has 1 aromatic rings. The summed E-state index contributed by atoms with van der Waals surface area (Å²) in [6.45, 7) is 10.7. The van der Waals surface area contributed by atoms with E-state index in [1.165, 1.54) is 0 Å². The second kappa shape index (κ2) is 6.96. The van der Waals surface area contributed by atoms with Crippen molar-refractivity contribution < 1.29 is 13.9 Å². The molecule has 0 atom stereocenters. The minimum atomic E-state index is -2.61. The van der Waals surface area contributed by atoms with Gasteiger partial charge in [-0.15, -0.1) is 4.68 Å². The van der Waals surface area contributed by atoms with Crippen molar-refractivity contribution in [3.8, 4) is 0 Å².